The first-order chi connectivity index (χ1) is 10.9. The second-order valence-corrected chi connectivity index (χ2v) is 11.2. The Bertz CT molecular complexity index is 893. The Labute approximate surface area is 137 Å². The molecule has 0 aromatic heterocycles. The monoisotopic (exact) mass is 380 g/mol. The Morgan fingerprint density at radius 2 is 1.54 bits per heavy atom. The molecule has 0 fully saturated rings. The van der Waals surface area contributed by atoms with Gasteiger partial charge >= 0.3 is 6.18 Å². The number of benzene rings is 1. The Kier molecular flexibility index (Phi) is 4.71. The van der Waals surface area contributed by atoms with E-state index in [1.54, 1.807) is 6.92 Å². The molecule has 1 aliphatic rings. The predicted molar refractivity (Wildman–Crippen MR) is 83.5 cm³/mol. The maximum absolute atomic E-state index is 12.7. The first-order valence-corrected chi connectivity index (χ1v) is 10.4. The van der Waals surface area contributed by atoms with E-state index >= 15 is 0 Å². The number of aryl methyl sites for hydroxylation is 1. The van der Waals surface area contributed by atoms with Crippen molar-refractivity contribution in [2.24, 2.45) is 5.92 Å². The van der Waals surface area contributed by atoms with Crippen LogP contribution in [0, 0.1) is 12.8 Å². The summed E-state index contributed by atoms with van der Waals surface area (Å²) in [6.07, 6.45) is -2.50. The van der Waals surface area contributed by atoms with Crippen LogP contribution in [0.3, 0.4) is 0 Å². The number of hydrogen-bond acceptors (Lipinski definition) is 4. The Morgan fingerprint density at radius 1 is 1.00 bits per heavy atom. The molecule has 4 nitrogen and oxygen atoms in total. The number of allylic oxidation sites excluding steroid dienone is 3. The largest absolute Gasteiger partial charge is 0.416 e. The van der Waals surface area contributed by atoms with Gasteiger partial charge in [-0.3, -0.25) is 0 Å². The molecule has 132 valence electrons. The molecular weight excluding hydrogens is 365 g/mol. The first kappa shape index (κ1) is 18.7. The summed E-state index contributed by atoms with van der Waals surface area (Å²) in [6, 6.07) is 5.22. The second kappa shape index (κ2) is 6.03. The Morgan fingerprint density at radius 3 is 2.00 bits per heavy atom. The average Bonchev–Trinajstić information content (AvgIpc) is 2.46. The zero-order valence-electron chi connectivity index (χ0n) is 12.8. The number of hydrogen-bond donors (Lipinski definition) is 0. The first-order valence-electron chi connectivity index (χ1n) is 6.90. The van der Waals surface area contributed by atoms with E-state index in [1.807, 2.05) is 0 Å². The summed E-state index contributed by atoms with van der Waals surface area (Å²) >= 11 is 0. The van der Waals surface area contributed by atoms with Crippen LogP contribution in [0.15, 0.2) is 53.0 Å². The molecule has 2 unspecified atom stereocenters. The third-order valence-electron chi connectivity index (χ3n) is 3.70. The zero-order chi connectivity index (χ0) is 18.3. The zero-order valence-corrected chi connectivity index (χ0v) is 14.4. The molecule has 0 aliphatic heterocycles. The molecule has 0 saturated carbocycles. The maximum Gasteiger partial charge on any atom is 0.416 e. The van der Waals surface area contributed by atoms with Gasteiger partial charge in [0.05, 0.1) is 10.5 Å². The predicted octanol–water partition coefficient (Wildman–Crippen LogP) is 3.16. The highest BCUT2D eigenvalue weighted by Crippen LogP contribution is 2.35. The summed E-state index contributed by atoms with van der Waals surface area (Å²) in [4.78, 5) is -0.403. The van der Waals surface area contributed by atoms with Gasteiger partial charge in [0, 0.05) is 0 Å². The fourth-order valence-electron chi connectivity index (χ4n) is 2.34. The molecule has 1 aliphatic carbocycles. The third kappa shape index (κ3) is 3.27. The van der Waals surface area contributed by atoms with Crippen LogP contribution in [-0.4, -0.2) is 28.3 Å². The minimum atomic E-state index is -4.77. The van der Waals surface area contributed by atoms with Gasteiger partial charge in [-0.2, -0.15) is 13.2 Å². The summed E-state index contributed by atoms with van der Waals surface area (Å²) in [6.45, 7) is 2.95. The van der Waals surface area contributed by atoms with E-state index in [1.165, 1.54) is 19.1 Å². The van der Waals surface area contributed by atoms with E-state index in [4.69, 9.17) is 0 Å². The third-order valence-corrected chi connectivity index (χ3v) is 9.50. The van der Waals surface area contributed by atoms with E-state index in [0.29, 0.717) is 6.08 Å². The van der Waals surface area contributed by atoms with Crippen LogP contribution < -0.4 is 0 Å². The van der Waals surface area contributed by atoms with Gasteiger partial charge in [0.1, 0.15) is 5.25 Å². The van der Waals surface area contributed by atoms with Crippen LogP contribution in [0.1, 0.15) is 12.5 Å². The van der Waals surface area contributed by atoms with E-state index in [-0.39, 0.29) is 0 Å². The van der Waals surface area contributed by atoms with Crippen LogP contribution in [0.4, 0.5) is 13.2 Å². The Balaban J connectivity index is 2.44. The van der Waals surface area contributed by atoms with Crippen molar-refractivity contribution in [3.8, 4) is 0 Å². The normalized spacial score (nSPS) is 22.3. The molecule has 0 amide bonds. The van der Waals surface area contributed by atoms with Crippen LogP contribution in [-0.2, 0) is 17.7 Å². The van der Waals surface area contributed by atoms with Gasteiger partial charge < -0.3 is 0 Å². The highest BCUT2D eigenvalue weighted by Gasteiger charge is 2.43. The van der Waals surface area contributed by atoms with Crippen LogP contribution in [0.25, 0.3) is 0 Å². The molecule has 0 spiro atoms. The van der Waals surface area contributed by atoms with Crippen molar-refractivity contribution in [3.05, 3.63) is 53.6 Å². The number of halogens is 3. The Hall–Kier alpha value is -1.61. The van der Waals surface area contributed by atoms with Gasteiger partial charge in [0.25, 0.3) is 17.7 Å². The van der Waals surface area contributed by atoms with Gasteiger partial charge in [-0.15, -0.1) is 0 Å². The van der Waals surface area contributed by atoms with E-state index < -0.39 is 45.6 Å². The molecule has 1 aromatic rings. The lowest BCUT2D eigenvalue weighted by Crippen LogP contribution is -2.34. The molecule has 0 N–H and O–H groups in total. The van der Waals surface area contributed by atoms with E-state index in [9.17, 15) is 30.0 Å². The van der Waals surface area contributed by atoms with Crippen molar-refractivity contribution < 1.29 is 30.0 Å². The minimum absolute atomic E-state index is 0.403. The topological polar surface area (TPSA) is 68.3 Å². The van der Waals surface area contributed by atoms with E-state index in [2.05, 4.69) is 0 Å². The van der Waals surface area contributed by atoms with Crippen LogP contribution in [0.2, 0.25) is 0 Å². The van der Waals surface area contributed by atoms with Gasteiger partial charge in [0.2, 0.25) is 0 Å². The minimum Gasteiger partial charge on any atom is -0.212 e. The van der Waals surface area contributed by atoms with Crippen LogP contribution in [0.5, 0.6) is 0 Å². The van der Waals surface area contributed by atoms with E-state index in [0.717, 1.165) is 29.8 Å². The van der Waals surface area contributed by atoms with Gasteiger partial charge in [-0.05, 0) is 25.0 Å². The van der Waals surface area contributed by atoms with Crippen LogP contribution >= 0.6 is 0 Å². The van der Waals surface area contributed by atoms with Gasteiger partial charge in [0.15, 0.2) is 0 Å². The quantitative estimate of drug-likeness (QED) is 0.756. The highest BCUT2D eigenvalue weighted by molar-refractivity contribution is 8.67. The fourth-order valence-corrected chi connectivity index (χ4v) is 6.98. The lowest BCUT2D eigenvalue weighted by atomic mass is 9.97. The SMILES string of the molecule is Cc1ccc(S(=O)(=O)S(=O)(=O)C2C=CC(C(F)(F)F)=CC2C)cc1. The smallest absolute Gasteiger partial charge is 0.212 e. The molecule has 0 saturated heterocycles. The highest BCUT2D eigenvalue weighted by atomic mass is 33.2. The lowest BCUT2D eigenvalue weighted by Gasteiger charge is -2.23. The summed E-state index contributed by atoms with van der Waals surface area (Å²) < 4.78 is 87.9. The molecule has 1 aromatic carbocycles. The van der Waals surface area contributed by atoms with Crippen molar-refractivity contribution in [1.29, 1.82) is 0 Å². The second-order valence-electron chi connectivity index (χ2n) is 5.56. The number of alkyl halides is 3. The number of rotatable bonds is 3. The molecule has 9 heteroatoms. The summed E-state index contributed by atoms with van der Waals surface area (Å²) in [5.41, 5.74) is -0.246. The maximum atomic E-state index is 12.7. The van der Waals surface area contributed by atoms with Gasteiger partial charge in [-0.1, -0.05) is 42.8 Å². The summed E-state index contributed by atoms with van der Waals surface area (Å²) in [5.74, 6) is -1.13. The van der Waals surface area contributed by atoms with Crippen molar-refractivity contribution in [2.45, 2.75) is 30.2 Å². The molecule has 0 radical (unpaired) electrons. The van der Waals surface area contributed by atoms with Crippen molar-refractivity contribution in [3.63, 3.8) is 0 Å². The standard InChI is InChI=1S/C15H15F3O4S2/c1-10-3-6-13(7-4-10)23(19,20)24(21,22)14-8-5-12(9-11(14)2)15(16,17)18/h3-9,11,14H,1-2H3. The summed E-state index contributed by atoms with van der Waals surface area (Å²) in [7, 11) is -9.50. The molecule has 2 rings (SSSR count). The molecule has 24 heavy (non-hydrogen) atoms. The molecule has 2 atom stereocenters. The average molecular weight is 380 g/mol. The van der Waals surface area contributed by atoms with Gasteiger partial charge in [-0.25, -0.2) is 16.8 Å². The van der Waals surface area contributed by atoms with Crippen molar-refractivity contribution >= 4 is 17.7 Å². The fraction of sp³-hybridized carbons (Fsp3) is 0.333. The summed E-state index contributed by atoms with van der Waals surface area (Å²) in [5, 5.41) is -1.57. The molecular formula is C15H15F3O4S2. The van der Waals surface area contributed by atoms with Crippen molar-refractivity contribution in [1.82, 2.24) is 0 Å². The molecule has 0 heterocycles. The lowest BCUT2D eigenvalue weighted by molar-refractivity contribution is -0.0888. The molecule has 0 bridgehead atoms. The van der Waals surface area contributed by atoms with Crippen molar-refractivity contribution in [2.75, 3.05) is 0 Å².